The molecule has 0 aliphatic rings. The lowest BCUT2D eigenvalue weighted by atomic mass is 10.2. The Labute approximate surface area is 120 Å². The molecule has 1 aromatic carbocycles. The van der Waals surface area contributed by atoms with E-state index in [4.69, 9.17) is 4.74 Å². The highest BCUT2D eigenvalue weighted by Gasteiger charge is 2.05. The van der Waals surface area contributed by atoms with Crippen LogP contribution in [0.3, 0.4) is 0 Å². The van der Waals surface area contributed by atoms with Crippen LogP contribution in [-0.4, -0.2) is 29.0 Å². The van der Waals surface area contributed by atoms with Gasteiger partial charge in [0.1, 0.15) is 0 Å². The van der Waals surface area contributed by atoms with Crippen molar-refractivity contribution in [2.75, 3.05) is 19.5 Å². The van der Waals surface area contributed by atoms with Gasteiger partial charge in [0.25, 0.3) is 5.56 Å². The van der Waals surface area contributed by atoms with Gasteiger partial charge in [-0.05, 0) is 5.56 Å². The van der Waals surface area contributed by atoms with Crippen LogP contribution in [0.1, 0.15) is 5.56 Å². The molecule has 1 N–H and O–H groups in total. The molecule has 1 heterocycles. The van der Waals surface area contributed by atoms with Crippen LogP contribution in [0.2, 0.25) is 0 Å². The number of rotatable bonds is 6. The number of aromatic nitrogens is 2. The fraction of sp³-hybridized carbons (Fsp3) is 0.286. The molecule has 0 saturated heterocycles. The number of nitrogens with one attached hydrogen (secondary N) is 1. The van der Waals surface area contributed by atoms with Crippen molar-refractivity contribution in [1.29, 1.82) is 0 Å². The van der Waals surface area contributed by atoms with Crippen LogP contribution < -0.4 is 11.2 Å². The van der Waals surface area contributed by atoms with Crippen molar-refractivity contribution in [3.05, 3.63) is 62.8 Å². The van der Waals surface area contributed by atoms with Crippen LogP contribution >= 0.6 is 11.8 Å². The highest BCUT2D eigenvalue weighted by molar-refractivity contribution is 7.99. The molecule has 0 spiro atoms. The second-order valence-electron chi connectivity index (χ2n) is 4.19. The SMILES string of the molecule is COCCSc1cc(=O)n(Cc2ccccc2)c(=O)[nH]1. The molecule has 1 aromatic heterocycles. The second kappa shape index (κ2) is 7.12. The minimum atomic E-state index is -0.388. The van der Waals surface area contributed by atoms with Gasteiger partial charge >= 0.3 is 5.69 Å². The van der Waals surface area contributed by atoms with Gasteiger partial charge in [-0.25, -0.2) is 4.79 Å². The molecule has 5 nitrogen and oxygen atoms in total. The molecule has 0 radical (unpaired) electrons. The zero-order valence-corrected chi connectivity index (χ0v) is 12.0. The average Bonchev–Trinajstić information content (AvgIpc) is 2.44. The molecule has 2 aromatic rings. The highest BCUT2D eigenvalue weighted by Crippen LogP contribution is 2.10. The van der Waals surface area contributed by atoms with Gasteiger partial charge in [0.05, 0.1) is 18.2 Å². The molecule has 0 saturated carbocycles. The number of H-pyrrole nitrogens is 1. The van der Waals surface area contributed by atoms with E-state index in [1.54, 1.807) is 7.11 Å². The van der Waals surface area contributed by atoms with Crippen LogP contribution in [0, 0.1) is 0 Å². The van der Waals surface area contributed by atoms with Crippen molar-refractivity contribution < 1.29 is 4.74 Å². The monoisotopic (exact) mass is 292 g/mol. The summed E-state index contributed by atoms with van der Waals surface area (Å²) in [4.78, 5) is 26.7. The van der Waals surface area contributed by atoms with Crippen molar-refractivity contribution in [3.63, 3.8) is 0 Å². The normalized spacial score (nSPS) is 10.7. The molecule has 0 bridgehead atoms. The quantitative estimate of drug-likeness (QED) is 0.495. The van der Waals surface area contributed by atoms with E-state index >= 15 is 0 Å². The van der Waals surface area contributed by atoms with Crippen molar-refractivity contribution >= 4 is 11.8 Å². The molecular formula is C14H16N2O3S. The Hall–Kier alpha value is -1.79. The van der Waals surface area contributed by atoms with Crippen LogP contribution in [-0.2, 0) is 11.3 Å². The first kappa shape index (κ1) is 14.6. The Morgan fingerprint density at radius 3 is 2.65 bits per heavy atom. The maximum absolute atomic E-state index is 12.0. The number of benzene rings is 1. The zero-order chi connectivity index (χ0) is 14.4. The number of aromatic amines is 1. The van der Waals surface area contributed by atoms with Gasteiger partial charge < -0.3 is 9.72 Å². The third-order valence-electron chi connectivity index (χ3n) is 2.72. The van der Waals surface area contributed by atoms with E-state index in [9.17, 15) is 9.59 Å². The average molecular weight is 292 g/mol. The second-order valence-corrected chi connectivity index (χ2v) is 5.33. The van der Waals surface area contributed by atoms with E-state index in [0.29, 0.717) is 17.4 Å². The lowest BCUT2D eigenvalue weighted by Crippen LogP contribution is -2.35. The summed E-state index contributed by atoms with van der Waals surface area (Å²) >= 11 is 1.39. The van der Waals surface area contributed by atoms with E-state index in [-0.39, 0.29) is 17.8 Å². The third kappa shape index (κ3) is 3.85. The van der Waals surface area contributed by atoms with Crippen LogP contribution in [0.15, 0.2) is 51.0 Å². The summed E-state index contributed by atoms with van der Waals surface area (Å²) in [6.45, 7) is 0.845. The molecule has 0 aliphatic heterocycles. The van der Waals surface area contributed by atoms with Gasteiger partial charge in [-0.1, -0.05) is 30.3 Å². The first-order chi connectivity index (χ1) is 9.70. The number of ether oxygens (including phenoxy) is 1. The smallest absolute Gasteiger partial charge is 0.329 e. The molecule has 106 valence electrons. The number of methoxy groups -OCH3 is 1. The molecule has 0 unspecified atom stereocenters. The molecule has 0 amide bonds. The summed E-state index contributed by atoms with van der Waals surface area (Å²) in [7, 11) is 1.61. The van der Waals surface area contributed by atoms with E-state index in [1.807, 2.05) is 30.3 Å². The largest absolute Gasteiger partial charge is 0.384 e. The number of thioether (sulfide) groups is 1. The Morgan fingerprint density at radius 1 is 1.25 bits per heavy atom. The first-order valence-corrected chi connectivity index (χ1v) is 7.19. The molecule has 0 aliphatic carbocycles. The van der Waals surface area contributed by atoms with Gasteiger partial charge in [0, 0.05) is 18.9 Å². The van der Waals surface area contributed by atoms with E-state index < -0.39 is 0 Å². The Kier molecular flexibility index (Phi) is 5.20. The minimum Gasteiger partial charge on any atom is -0.384 e. The predicted molar refractivity (Wildman–Crippen MR) is 79.5 cm³/mol. The zero-order valence-electron chi connectivity index (χ0n) is 11.2. The fourth-order valence-corrected chi connectivity index (χ4v) is 2.54. The third-order valence-corrected chi connectivity index (χ3v) is 3.63. The van der Waals surface area contributed by atoms with Gasteiger partial charge in [-0.2, -0.15) is 0 Å². The Bertz CT molecular complexity index is 633. The molecule has 2 rings (SSSR count). The van der Waals surface area contributed by atoms with E-state index in [0.717, 1.165) is 5.56 Å². The van der Waals surface area contributed by atoms with Crippen molar-refractivity contribution in [2.45, 2.75) is 11.6 Å². The summed E-state index contributed by atoms with van der Waals surface area (Å²) < 4.78 is 6.12. The Morgan fingerprint density at radius 2 is 2.00 bits per heavy atom. The van der Waals surface area contributed by atoms with E-state index in [2.05, 4.69) is 4.98 Å². The summed E-state index contributed by atoms with van der Waals surface area (Å²) in [5.41, 5.74) is 0.235. The highest BCUT2D eigenvalue weighted by atomic mass is 32.2. The molecule has 20 heavy (non-hydrogen) atoms. The predicted octanol–water partition coefficient (Wildman–Crippen LogP) is 1.32. The lowest BCUT2D eigenvalue weighted by molar-refractivity contribution is 0.218. The number of nitrogens with zero attached hydrogens (tertiary/aromatic N) is 1. The van der Waals surface area contributed by atoms with Gasteiger partial charge in [-0.15, -0.1) is 11.8 Å². The summed E-state index contributed by atoms with van der Waals surface area (Å²) in [6, 6.07) is 10.9. The van der Waals surface area contributed by atoms with Gasteiger partial charge in [0.15, 0.2) is 0 Å². The lowest BCUT2D eigenvalue weighted by Gasteiger charge is -2.06. The van der Waals surface area contributed by atoms with Crippen molar-refractivity contribution in [2.24, 2.45) is 0 Å². The molecular weight excluding hydrogens is 276 g/mol. The first-order valence-electron chi connectivity index (χ1n) is 6.20. The van der Waals surface area contributed by atoms with Crippen molar-refractivity contribution in [1.82, 2.24) is 9.55 Å². The minimum absolute atomic E-state index is 0.276. The summed E-state index contributed by atoms with van der Waals surface area (Å²) in [6.07, 6.45) is 0. The number of hydrogen-bond acceptors (Lipinski definition) is 4. The summed E-state index contributed by atoms with van der Waals surface area (Å²) in [5.74, 6) is 0.689. The fourth-order valence-electron chi connectivity index (χ4n) is 1.73. The van der Waals surface area contributed by atoms with Crippen molar-refractivity contribution in [3.8, 4) is 0 Å². The van der Waals surface area contributed by atoms with Crippen LogP contribution in [0.4, 0.5) is 0 Å². The van der Waals surface area contributed by atoms with Gasteiger partial charge in [-0.3, -0.25) is 9.36 Å². The standard InChI is InChI=1S/C14H16N2O3S/c1-19-7-8-20-12-9-13(17)16(14(18)15-12)10-11-5-3-2-4-6-11/h2-6,9H,7-8,10H2,1H3,(H,15,18). The van der Waals surface area contributed by atoms with E-state index in [1.165, 1.54) is 22.4 Å². The molecule has 0 atom stereocenters. The maximum Gasteiger partial charge on any atom is 0.329 e. The van der Waals surface area contributed by atoms with Crippen LogP contribution in [0.25, 0.3) is 0 Å². The topological polar surface area (TPSA) is 64.1 Å². The molecule has 6 heteroatoms. The van der Waals surface area contributed by atoms with Gasteiger partial charge in [0.2, 0.25) is 0 Å². The van der Waals surface area contributed by atoms with Crippen LogP contribution in [0.5, 0.6) is 0 Å². The molecule has 0 fully saturated rings. The number of hydrogen-bond donors (Lipinski definition) is 1. The summed E-state index contributed by atoms with van der Waals surface area (Å²) in [5, 5.41) is 0.571. The maximum atomic E-state index is 12.0. The Balaban J connectivity index is 2.19.